The fourth-order valence-electron chi connectivity index (χ4n) is 3.07. The van der Waals surface area contributed by atoms with E-state index in [0.717, 1.165) is 11.3 Å². The summed E-state index contributed by atoms with van der Waals surface area (Å²) in [4.78, 5) is 16.7. The van der Waals surface area contributed by atoms with Crippen molar-refractivity contribution >= 4 is 33.3 Å². The first-order valence-electron chi connectivity index (χ1n) is 7.28. The highest BCUT2D eigenvalue weighted by Gasteiger charge is 2.47. The second-order valence-electron chi connectivity index (χ2n) is 5.44. The van der Waals surface area contributed by atoms with Crippen molar-refractivity contribution in [2.45, 2.75) is 24.5 Å². The van der Waals surface area contributed by atoms with Crippen LogP contribution in [-0.4, -0.2) is 61.7 Å². The Balaban J connectivity index is 2.04. The maximum absolute atomic E-state index is 11.5. The number of fused-ring (bicyclic) bond motifs is 1. The van der Waals surface area contributed by atoms with Gasteiger partial charge < -0.3 is 30.4 Å². The van der Waals surface area contributed by atoms with Crippen molar-refractivity contribution in [1.82, 2.24) is 9.55 Å². The number of nitrogens with two attached hydrogens (primary N) is 2. The first kappa shape index (κ1) is 17.1. The van der Waals surface area contributed by atoms with Crippen molar-refractivity contribution in [3.8, 4) is 0 Å². The molecule has 0 bridgehead atoms. The van der Waals surface area contributed by atoms with Gasteiger partial charge in [0.15, 0.2) is 6.23 Å². The third-order valence-electron chi connectivity index (χ3n) is 4.12. The maximum Gasteiger partial charge on any atom is 0.261 e. The Bertz CT molecular complexity index is 745. The number of carbonyl (C=O) groups is 1. The second-order valence-corrected chi connectivity index (χ2v) is 6.43. The van der Waals surface area contributed by atoms with Gasteiger partial charge >= 0.3 is 0 Å². The molecule has 0 aliphatic carbocycles. The normalized spacial score (nSPS) is 27.1. The summed E-state index contributed by atoms with van der Waals surface area (Å²) >= 11 is 1.15. The Morgan fingerprint density at radius 3 is 2.67 bits per heavy atom. The summed E-state index contributed by atoms with van der Waals surface area (Å²) in [6.07, 6.45) is 0.100. The number of imidazole rings is 1. The van der Waals surface area contributed by atoms with Crippen LogP contribution in [0.5, 0.6) is 0 Å². The standard InChI is InChI=1S/C14H20N4O5S/c1-20-4-6-9(21-2)10(22-3)14(23-6)18-5-17-13-8(18)7(15)11(24-13)12(16)19/h5-6,9-10,14H,4,15H2,1-3H3,(H2,16,19)/t6-,9-,10-,14-/m1/s1. The van der Waals surface area contributed by atoms with Crippen LogP contribution < -0.4 is 11.5 Å². The topological polar surface area (TPSA) is 124 Å². The van der Waals surface area contributed by atoms with Crippen molar-refractivity contribution < 1.29 is 23.7 Å². The molecule has 4 N–H and O–H groups in total. The van der Waals surface area contributed by atoms with Crippen LogP contribution in [0.2, 0.25) is 0 Å². The molecule has 132 valence electrons. The summed E-state index contributed by atoms with van der Waals surface area (Å²) in [6.45, 7) is 0.359. The van der Waals surface area contributed by atoms with Gasteiger partial charge in [-0.1, -0.05) is 0 Å². The van der Waals surface area contributed by atoms with Crippen molar-refractivity contribution in [2.24, 2.45) is 5.73 Å². The Morgan fingerprint density at radius 1 is 1.38 bits per heavy atom. The van der Waals surface area contributed by atoms with Crippen molar-refractivity contribution in [3.63, 3.8) is 0 Å². The summed E-state index contributed by atoms with van der Waals surface area (Å²) in [5.74, 6) is -0.579. The SMILES string of the molecule is COC[C@H]1O[C@@H](n2cnc3sc(C(N)=O)c(N)c32)[C@H](OC)[C@@H]1OC. The molecule has 2 aromatic heterocycles. The molecule has 2 aromatic rings. The number of nitrogen functional groups attached to an aromatic ring is 1. The summed E-state index contributed by atoms with van der Waals surface area (Å²) in [5, 5.41) is 0. The first-order chi connectivity index (χ1) is 11.5. The van der Waals surface area contributed by atoms with Crippen LogP contribution in [0.25, 0.3) is 10.3 Å². The Morgan fingerprint density at radius 2 is 2.08 bits per heavy atom. The smallest absolute Gasteiger partial charge is 0.261 e. The van der Waals surface area contributed by atoms with Gasteiger partial charge in [0.2, 0.25) is 0 Å². The van der Waals surface area contributed by atoms with Gasteiger partial charge in [-0.2, -0.15) is 0 Å². The maximum atomic E-state index is 11.5. The second kappa shape index (κ2) is 6.65. The summed E-state index contributed by atoms with van der Waals surface area (Å²) in [6, 6.07) is 0. The van der Waals surface area contributed by atoms with E-state index in [1.165, 1.54) is 0 Å². The fourth-order valence-corrected chi connectivity index (χ4v) is 3.99. The molecule has 1 saturated heterocycles. The third kappa shape index (κ3) is 2.56. The Labute approximate surface area is 142 Å². The number of thiophene rings is 1. The predicted molar refractivity (Wildman–Crippen MR) is 87.9 cm³/mol. The highest BCUT2D eigenvalue weighted by molar-refractivity contribution is 7.21. The molecular formula is C14H20N4O5S. The van der Waals surface area contributed by atoms with Gasteiger partial charge in [-0.05, 0) is 0 Å². The van der Waals surface area contributed by atoms with Crippen LogP contribution in [0, 0.1) is 0 Å². The minimum absolute atomic E-state index is 0.283. The zero-order valence-corrected chi connectivity index (χ0v) is 14.4. The molecule has 0 aromatic carbocycles. The zero-order chi connectivity index (χ0) is 17.4. The Hall–Kier alpha value is -1.72. The molecule has 3 heterocycles. The van der Waals surface area contributed by atoms with Crippen LogP contribution in [-0.2, 0) is 18.9 Å². The lowest BCUT2D eigenvalue weighted by atomic mass is 10.1. The molecule has 3 rings (SSSR count). The minimum atomic E-state index is -0.579. The lowest BCUT2D eigenvalue weighted by Gasteiger charge is -2.22. The molecule has 1 aliphatic heterocycles. The van der Waals surface area contributed by atoms with Gasteiger partial charge in [0.25, 0.3) is 5.91 Å². The van der Waals surface area contributed by atoms with E-state index in [2.05, 4.69) is 4.98 Å². The molecule has 1 aliphatic rings. The van der Waals surface area contributed by atoms with Gasteiger partial charge in [-0.25, -0.2) is 4.98 Å². The summed E-state index contributed by atoms with van der Waals surface area (Å²) < 4.78 is 24.1. The van der Waals surface area contributed by atoms with Crippen LogP contribution in [0.15, 0.2) is 6.33 Å². The quantitative estimate of drug-likeness (QED) is 0.765. The van der Waals surface area contributed by atoms with Gasteiger partial charge in [0.1, 0.15) is 33.5 Å². The predicted octanol–water partition coefficient (Wildman–Crippen LogP) is 0.353. The van der Waals surface area contributed by atoms with E-state index in [4.69, 9.17) is 30.4 Å². The monoisotopic (exact) mass is 356 g/mol. The molecule has 4 atom stereocenters. The van der Waals surface area contributed by atoms with E-state index in [1.807, 2.05) is 0 Å². The fraction of sp³-hybridized carbons (Fsp3) is 0.571. The largest absolute Gasteiger partial charge is 0.396 e. The van der Waals surface area contributed by atoms with Crippen LogP contribution in [0.1, 0.15) is 15.9 Å². The molecular weight excluding hydrogens is 336 g/mol. The number of hydrogen-bond donors (Lipinski definition) is 2. The van der Waals surface area contributed by atoms with Gasteiger partial charge in [0, 0.05) is 21.3 Å². The number of primary amides is 1. The minimum Gasteiger partial charge on any atom is -0.396 e. The van der Waals surface area contributed by atoms with E-state index in [0.29, 0.717) is 22.6 Å². The number of amides is 1. The number of ether oxygens (including phenoxy) is 4. The third-order valence-corrected chi connectivity index (χ3v) is 5.23. The summed E-state index contributed by atoms with van der Waals surface area (Å²) in [5.41, 5.74) is 12.4. The Kier molecular flexibility index (Phi) is 4.74. The number of rotatable bonds is 6. The number of aromatic nitrogens is 2. The number of nitrogens with zero attached hydrogens (tertiary/aromatic N) is 2. The van der Waals surface area contributed by atoms with Crippen molar-refractivity contribution in [2.75, 3.05) is 33.7 Å². The first-order valence-corrected chi connectivity index (χ1v) is 8.09. The molecule has 0 saturated carbocycles. The van der Waals surface area contributed by atoms with E-state index in [1.54, 1.807) is 32.2 Å². The number of hydrogen-bond acceptors (Lipinski definition) is 8. The molecule has 9 nitrogen and oxygen atoms in total. The van der Waals surface area contributed by atoms with E-state index >= 15 is 0 Å². The van der Waals surface area contributed by atoms with Crippen molar-refractivity contribution in [1.29, 1.82) is 0 Å². The van der Waals surface area contributed by atoms with Crippen LogP contribution in [0.4, 0.5) is 5.69 Å². The van der Waals surface area contributed by atoms with Gasteiger partial charge in [-0.3, -0.25) is 9.36 Å². The number of methoxy groups -OCH3 is 3. The highest BCUT2D eigenvalue weighted by atomic mass is 32.1. The molecule has 24 heavy (non-hydrogen) atoms. The number of carbonyl (C=O) groups excluding carboxylic acids is 1. The van der Waals surface area contributed by atoms with E-state index in [9.17, 15) is 4.79 Å². The van der Waals surface area contributed by atoms with Gasteiger partial charge in [0.05, 0.1) is 18.6 Å². The molecule has 0 unspecified atom stereocenters. The average molecular weight is 356 g/mol. The van der Waals surface area contributed by atoms with E-state index in [-0.39, 0.29) is 23.2 Å². The molecule has 10 heteroatoms. The van der Waals surface area contributed by atoms with Crippen LogP contribution >= 0.6 is 11.3 Å². The van der Waals surface area contributed by atoms with E-state index < -0.39 is 12.1 Å². The molecule has 1 amide bonds. The lowest BCUT2D eigenvalue weighted by Crippen LogP contribution is -2.36. The number of anilines is 1. The molecule has 0 radical (unpaired) electrons. The lowest BCUT2D eigenvalue weighted by molar-refractivity contribution is -0.0634. The molecule has 0 spiro atoms. The summed E-state index contributed by atoms with van der Waals surface area (Å²) in [7, 11) is 4.78. The average Bonchev–Trinajstić information content (AvgIpc) is 3.20. The van der Waals surface area contributed by atoms with Crippen molar-refractivity contribution in [3.05, 3.63) is 11.2 Å². The van der Waals surface area contributed by atoms with Gasteiger partial charge in [-0.15, -0.1) is 11.3 Å². The molecule has 1 fully saturated rings. The van der Waals surface area contributed by atoms with Crippen LogP contribution in [0.3, 0.4) is 0 Å². The zero-order valence-electron chi connectivity index (χ0n) is 13.6. The highest BCUT2D eigenvalue weighted by Crippen LogP contribution is 2.39.